The van der Waals surface area contributed by atoms with Crippen LogP contribution in [0.4, 0.5) is 5.69 Å². The molecule has 11 heteroatoms. The number of rotatable bonds is 12. The van der Waals surface area contributed by atoms with Gasteiger partial charge in [-0.2, -0.15) is 0 Å². The van der Waals surface area contributed by atoms with Crippen LogP contribution in [0.2, 0.25) is 5.02 Å². The van der Waals surface area contributed by atoms with Crippen molar-refractivity contribution in [3.8, 4) is 11.5 Å². The zero-order valence-corrected chi connectivity index (χ0v) is 23.0. The van der Waals surface area contributed by atoms with Crippen LogP contribution in [0, 0.1) is 0 Å². The van der Waals surface area contributed by atoms with Gasteiger partial charge in [0.25, 0.3) is 5.91 Å². The molecule has 40 heavy (non-hydrogen) atoms. The number of anilines is 1. The minimum absolute atomic E-state index is 0.0132. The zero-order chi connectivity index (χ0) is 28.5. The first-order valence-electron chi connectivity index (χ1n) is 13.1. The molecule has 0 saturated carbocycles. The Bertz CT molecular complexity index is 1260. The molecule has 1 aromatic heterocycles. The molecule has 1 aliphatic heterocycles. The summed E-state index contributed by atoms with van der Waals surface area (Å²) < 4.78 is 15.7. The summed E-state index contributed by atoms with van der Waals surface area (Å²) in [5.41, 5.74) is 0.271. The molecule has 214 valence electrons. The van der Waals surface area contributed by atoms with Gasteiger partial charge in [0.2, 0.25) is 5.76 Å². The fraction of sp³-hybridized carbons (Fsp3) is 0.379. The molecule has 1 saturated heterocycles. The van der Waals surface area contributed by atoms with E-state index in [1.807, 2.05) is 24.3 Å². The molecule has 4 N–H and O–H groups in total. The lowest BCUT2D eigenvalue weighted by molar-refractivity contribution is -0.119. The average molecular weight is 572 g/mol. The number of hydrogen-bond donors (Lipinski definition) is 4. The first-order chi connectivity index (χ1) is 19.2. The van der Waals surface area contributed by atoms with Crippen LogP contribution < -0.4 is 15.4 Å². The minimum Gasteiger partial charge on any atom is -0.508 e. The van der Waals surface area contributed by atoms with Crippen LogP contribution in [0.1, 0.15) is 35.9 Å². The van der Waals surface area contributed by atoms with E-state index in [2.05, 4.69) is 15.5 Å². The smallest absolute Gasteiger partial charge is 0.374 e. The van der Waals surface area contributed by atoms with Gasteiger partial charge in [-0.15, -0.1) is 0 Å². The van der Waals surface area contributed by atoms with Crippen molar-refractivity contribution in [2.24, 2.45) is 0 Å². The van der Waals surface area contributed by atoms with Crippen molar-refractivity contribution in [2.75, 3.05) is 38.2 Å². The van der Waals surface area contributed by atoms with Gasteiger partial charge in [0.15, 0.2) is 6.61 Å². The predicted molar refractivity (Wildman–Crippen MR) is 150 cm³/mol. The lowest BCUT2D eigenvalue weighted by Crippen LogP contribution is -2.49. The van der Waals surface area contributed by atoms with E-state index >= 15 is 0 Å². The Morgan fingerprint density at radius 1 is 1.15 bits per heavy atom. The Labute approximate surface area is 237 Å². The lowest BCUT2D eigenvalue weighted by atomic mass is 10.0. The van der Waals surface area contributed by atoms with Crippen LogP contribution in [0.15, 0.2) is 65.3 Å². The second-order valence-electron chi connectivity index (χ2n) is 10.1. The maximum absolute atomic E-state index is 12.3. The molecular weight excluding hydrogens is 538 g/mol. The lowest BCUT2D eigenvalue weighted by Gasteiger charge is -2.34. The number of benzene rings is 2. The SMILES string of the molecule is C[C@](O)(CNC1CCN(Cc2ccc(Cl)cc2)CC1)COc1cc(O)ccc1NC(=O)COC(=O)c1ccco1. The van der Waals surface area contributed by atoms with Crippen LogP contribution in [0.25, 0.3) is 0 Å². The summed E-state index contributed by atoms with van der Waals surface area (Å²) in [6.07, 6.45) is 3.24. The summed E-state index contributed by atoms with van der Waals surface area (Å²) in [7, 11) is 0. The van der Waals surface area contributed by atoms with Crippen molar-refractivity contribution in [3.05, 3.63) is 77.2 Å². The molecule has 1 aliphatic rings. The van der Waals surface area contributed by atoms with Gasteiger partial charge in [-0.25, -0.2) is 4.79 Å². The third-order valence-corrected chi connectivity index (χ3v) is 6.77. The van der Waals surface area contributed by atoms with E-state index in [9.17, 15) is 19.8 Å². The highest BCUT2D eigenvalue weighted by Gasteiger charge is 2.26. The topological polar surface area (TPSA) is 134 Å². The minimum atomic E-state index is -1.22. The number of amides is 1. The number of hydrogen-bond acceptors (Lipinski definition) is 9. The van der Waals surface area contributed by atoms with E-state index in [0.29, 0.717) is 6.54 Å². The van der Waals surface area contributed by atoms with E-state index < -0.39 is 24.1 Å². The second kappa shape index (κ2) is 13.7. The Kier molecular flexibility index (Phi) is 10.1. The highest BCUT2D eigenvalue weighted by molar-refractivity contribution is 6.30. The third-order valence-electron chi connectivity index (χ3n) is 6.51. The van der Waals surface area contributed by atoms with E-state index in [-0.39, 0.29) is 35.6 Å². The Hall–Kier alpha value is -3.57. The quantitative estimate of drug-likeness (QED) is 0.189. The molecule has 2 aromatic carbocycles. The molecule has 3 aromatic rings. The summed E-state index contributed by atoms with van der Waals surface area (Å²) in [5, 5.41) is 27.6. The number of carbonyl (C=O) groups excluding carboxylic acids is 2. The normalized spacial score (nSPS) is 15.8. The van der Waals surface area contributed by atoms with E-state index in [4.69, 9.17) is 25.5 Å². The molecule has 0 unspecified atom stereocenters. The summed E-state index contributed by atoms with van der Waals surface area (Å²) in [6, 6.07) is 15.3. The van der Waals surface area contributed by atoms with Gasteiger partial charge in [-0.1, -0.05) is 23.7 Å². The molecule has 1 fully saturated rings. The number of nitrogens with one attached hydrogen (secondary N) is 2. The van der Waals surface area contributed by atoms with Crippen molar-refractivity contribution in [1.82, 2.24) is 10.2 Å². The largest absolute Gasteiger partial charge is 0.508 e. The monoisotopic (exact) mass is 571 g/mol. The number of phenolic OH excluding ortho intramolecular Hbond substituents is 1. The van der Waals surface area contributed by atoms with Gasteiger partial charge in [0.05, 0.1) is 12.0 Å². The molecule has 0 aliphatic carbocycles. The number of piperidine rings is 1. The number of phenols is 1. The van der Waals surface area contributed by atoms with Gasteiger partial charge in [-0.05, 0) is 74.8 Å². The molecular formula is C29H34ClN3O7. The number of ether oxygens (including phenoxy) is 2. The fourth-order valence-corrected chi connectivity index (χ4v) is 4.43. The van der Waals surface area contributed by atoms with Crippen LogP contribution in [0.5, 0.6) is 11.5 Å². The molecule has 0 bridgehead atoms. The number of aliphatic hydroxyl groups is 1. The number of nitrogens with zero attached hydrogens (tertiary/aromatic N) is 1. The van der Waals surface area contributed by atoms with E-state index in [1.165, 1.54) is 42.2 Å². The van der Waals surface area contributed by atoms with Crippen molar-refractivity contribution in [3.63, 3.8) is 0 Å². The van der Waals surface area contributed by atoms with Crippen molar-refractivity contribution in [2.45, 2.75) is 38.0 Å². The molecule has 0 radical (unpaired) electrons. The molecule has 1 atom stereocenters. The van der Waals surface area contributed by atoms with E-state index in [1.54, 1.807) is 6.92 Å². The third kappa shape index (κ3) is 8.99. The molecule has 0 spiro atoms. The number of furan rings is 1. The molecule has 10 nitrogen and oxygen atoms in total. The predicted octanol–water partition coefficient (Wildman–Crippen LogP) is 3.82. The first kappa shape index (κ1) is 29.4. The van der Waals surface area contributed by atoms with Gasteiger partial charge in [0.1, 0.15) is 23.7 Å². The van der Waals surface area contributed by atoms with Crippen LogP contribution in [-0.2, 0) is 16.1 Å². The van der Waals surface area contributed by atoms with Crippen molar-refractivity contribution < 1.29 is 33.7 Å². The number of likely N-dealkylation sites (tertiary alicyclic amines) is 1. The van der Waals surface area contributed by atoms with Crippen LogP contribution >= 0.6 is 11.6 Å². The molecule has 2 heterocycles. The highest BCUT2D eigenvalue weighted by atomic mass is 35.5. The van der Waals surface area contributed by atoms with Gasteiger partial charge >= 0.3 is 5.97 Å². The van der Waals surface area contributed by atoms with Crippen molar-refractivity contribution in [1.29, 1.82) is 0 Å². The van der Waals surface area contributed by atoms with Crippen molar-refractivity contribution >= 4 is 29.2 Å². The zero-order valence-electron chi connectivity index (χ0n) is 22.3. The second-order valence-corrected chi connectivity index (χ2v) is 10.6. The van der Waals surface area contributed by atoms with Crippen LogP contribution in [0.3, 0.4) is 0 Å². The Morgan fingerprint density at radius 3 is 2.60 bits per heavy atom. The maximum atomic E-state index is 12.3. The molecule has 4 rings (SSSR count). The number of aromatic hydroxyl groups is 1. The number of carbonyl (C=O) groups is 2. The van der Waals surface area contributed by atoms with Gasteiger partial charge < -0.3 is 34.7 Å². The molecule has 1 amide bonds. The summed E-state index contributed by atoms with van der Waals surface area (Å²) >= 11 is 5.98. The van der Waals surface area contributed by atoms with Gasteiger partial charge in [-0.3, -0.25) is 9.69 Å². The summed E-state index contributed by atoms with van der Waals surface area (Å²) in [6.45, 7) is 4.10. The highest BCUT2D eigenvalue weighted by Crippen LogP contribution is 2.29. The summed E-state index contributed by atoms with van der Waals surface area (Å²) in [5.74, 6) is -1.29. The Balaban J connectivity index is 1.21. The first-order valence-corrected chi connectivity index (χ1v) is 13.4. The average Bonchev–Trinajstić information content (AvgIpc) is 3.48. The number of halogens is 1. The van der Waals surface area contributed by atoms with E-state index in [0.717, 1.165) is 37.5 Å². The van der Waals surface area contributed by atoms with Gasteiger partial charge in [0, 0.05) is 30.2 Å². The standard InChI is InChI=1S/C29H34ClN3O7/c1-29(37,18-31-22-10-12-33(13-11-22)16-20-4-6-21(30)7-5-20)19-40-26-15-23(34)8-9-24(26)32-27(35)17-39-28(36)25-3-2-14-38-25/h2-9,14-15,22,31,34,37H,10-13,16-19H2,1H3,(H,32,35)/t29-/m0/s1. The number of esters is 1. The summed E-state index contributed by atoms with van der Waals surface area (Å²) in [4.78, 5) is 26.6. The Morgan fingerprint density at radius 2 is 1.90 bits per heavy atom. The fourth-order valence-electron chi connectivity index (χ4n) is 4.31. The van der Waals surface area contributed by atoms with Crippen LogP contribution in [-0.4, -0.2) is 71.5 Å². The maximum Gasteiger partial charge on any atom is 0.374 e.